The molecule has 1 amide bonds. The van der Waals surface area contributed by atoms with Crippen molar-refractivity contribution in [2.24, 2.45) is 0 Å². The van der Waals surface area contributed by atoms with Crippen LogP contribution in [0.2, 0.25) is 0 Å². The Hall–Kier alpha value is -2.35. The second-order valence-corrected chi connectivity index (χ2v) is 6.37. The molecule has 0 fully saturated rings. The van der Waals surface area contributed by atoms with Crippen LogP contribution >= 0.6 is 0 Å². The molecule has 23 heavy (non-hydrogen) atoms. The number of hydrogen-bond donors (Lipinski definition) is 4. The predicted molar refractivity (Wildman–Crippen MR) is 86.9 cm³/mol. The van der Waals surface area contributed by atoms with Crippen molar-refractivity contribution in [2.75, 3.05) is 18.5 Å². The molecule has 2 aromatic heterocycles. The predicted octanol–water partition coefficient (Wildman–Crippen LogP) is 0.624. The average molecular weight is 320 g/mol. The molecule has 0 saturated heterocycles. The third kappa shape index (κ3) is 4.82. The minimum Gasteiger partial charge on any atom is -0.395 e. The second kappa shape index (κ2) is 7.28. The molecule has 0 aliphatic rings. The van der Waals surface area contributed by atoms with E-state index in [1.807, 2.05) is 6.20 Å². The van der Waals surface area contributed by atoms with Crippen molar-refractivity contribution in [1.29, 1.82) is 0 Å². The first kappa shape index (κ1) is 17.0. The summed E-state index contributed by atoms with van der Waals surface area (Å²) in [5, 5.41) is 25.8. The highest BCUT2D eigenvalue weighted by Gasteiger charge is 2.19. The second-order valence-electron chi connectivity index (χ2n) is 6.37. The summed E-state index contributed by atoms with van der Waals surface area (Å²) in [7, 11) is 0. The zero-order valence-corrected chi connectivity index (χ0v) is 13.8. The first-order valence-electron chi connectivity index (χ1n) is 7.57. The number of rotatable bonds is 7. The van der Waals surface area contributed by atoms with Gasteiger partial charge in [0.15, 0.2) is 0 Å². The minimum absolute atomic E-state index is 0.00247. The molecule has 4 N–H and O–H groups in total. The molecule has 0 spiro atoms. The number of aliphatic hydroxyl groups excluding tert-OH is 1. The summed E-state index contributed by atoms with van der Waals surface area (Å²) in [5.41, 5.74) is 3.04. The molecule has 0 bridgehead atoms. The van der Waals surface area contributed by atoms with Crippen molar-refractivity contribution in [3.8, 4) is 0 Å². The molecular weight excluding hydrogens is 296 g/mol. The van der Waals surface area contributed by atoms with Crippen LogP contribution in [0.5, 0.6) is 0 Å². The van der Waals surface area contributed by atoms with Gasteiger partial charge in [-0.25, -0.2) is 0 Å². The van der Waals surface area contributed by atoms with E-state index in [4.69, 9.17) is 5.11 Å². The van der Waals surface area contributed by atoms with Gasteiger partial charge in [-0.3, -0.25) is 14.6 Å². The SMILES string of the molecule is CC(C)(C)c1[nH]ncc1CNc1cnn(CC(=O)NCCO)c1. The van der Waals surface area contributed by atoms with Crippen molar-refractivity contribution < 1.29 is 9.90 Å². The summed E-state index contributed by atoms with van der Waals surface area (Å²) in [6.07, 6.45) is 5.27. The van der Waals surface area contributed by atoms with E-state index >= 15 is 0 Å². The highest BCUT2D eigenvalue weighted by atomic mass is 16.3. The van der Waals surface area contributed by atoms with Crippen LogP contribution in [0.25, 0.3) is 0 Å². The fourth-order valence-corrected chi connectivity index (χ4v) is 2.23. The third-order valence-corrected chi connectivity index (χ3v) is 3.32. The number of aliphatic hydroxyl groups is 1. The minimum atomic E-state index is -0.182. The average Bonchev–Trinajstić information content (AvgIpc) is 3.11. The smallest absolute Gasteiger partial charge is 0.241 e. The summed E-state index contributed by atoms with van der Waals surface area (Å²) in [6.45, 7) is 7.33. The van der Waals surface area contributed by atoms with E-state index in [0.717, 1.165) is 16.9 Å². The number of nitrogens with zero attached hydrogens (tertiary/aromatic N) is 3. The first-order chi connectivity index (χ1) is 10.9. The quantitative estimate of drug-likeness (QED) is 0.598. The zero-order valence-electron chi connectivity index (χ0n) is 13.8. The van der Waals surface area contributed by atoms with Crippen LogP contribution in [0, 0.1) is 0 Å². The van der Waals surface area contributed by atoms with Crippen LogP contribution in [0.1, 0.15) is 32.0 Å². The summed E-state index contributed by atoms with van der Waals surface area (Å²) >= 11 is 0. The van der Waals surface area contributed by atoms with Crippen molar-refractivity contribution in [1.82, 2.24) is 25.3 Å². The Morgan fingerprint density at radius 1 is 1.39 bits per heavy atom. The Kier molecular flexibility index (Phi) is 5.38. The number of aromatic amines is 1. The number of carbonyl (C=O) groups is 1. The standard InChI is InChI=1S/C15H24N6O2/c1-15(2,3)14-11(7-18-20-14)6-17-12-8-19-21(9-12)10-13(23)16-4-5-22/h7-9,17,22H,4-6,10H2,1-3H3,(H,16,23)(H,18,20). The lowest BCUT2D eigenvalue weighted by molar-refractivity contribution is -0.122. The lowest BCUT2D eigenvalue weighted by Crippen LogP contribution is -2.30. The van der Waals surface area contributed by atoms with E-state index in [1.54, 1.807) is 17.1 Å². The van der Waals surface area contributed by atoms with E-state index in [9.17, 15) is 4.79 Å². The molecule has 0 aliphatic carbocycles. The maximum atomic E-state index is 11.6. The van der Waals surface area contributed by atoms with Crippen LogP contribution in [0.4, 0.5) is 5.69 Å². The Morgan fingerprint density at radius 3 is 2.87 bits per heavy atom. The topological polar surface area (TPSA) is 108 Å². The molecule has 0 aromatic carbocycles. The molecule has 8 nitrogen and oxygen atoms in total. The van der Waals surface area contributed by atoms with Gasteiger partial charge in [-0.2, -0.15) is 10.2 Å². The van der Waals surface area contributed by atoms with E-state index < -0.39 is 0 Å². The van der Waals surface area contributed by atoms with E-state index in [1.165, 1.54) is 0 Å². The van der Waals surface area contributed by atoms with Crippen LogP contribution in [-0.4, -0.2) is 44.1 Å². The Bertz CT molecular complexity index is 640. The van der Waals surface area contributed by atoms with Crippen molar-refractivity contribution in [3.05, 3.63) is 29.8 Å². The molecule has 0 saturated carbocycles. The van der Waals surface area contributed by atoms with Crippen LogP contribution in [0.3, 0.4) is 0 Å². The number of nitrogens with one attached hydrogen (secondary N) is 3. The van der Waals surface area contributed by atoms with Gasteiger partial charge >= 0.3 is 0 Å². The van der Waals surface area contributed by atoms with Gasteiger partial charge in [-0.15, -0.1) is 0 Å². The monoisotopic (exact) mass is 320 g/mol. The summed E-state index contributed by atoms with van der Waals surface area (Å²) in [6, 6.07) is 0. The first-order valence-corrected chi connectivity index (χ1v) is 7.57. The van der Waals surface area contributed by atoms with E-state index in [2.05, 4.69) is 46.7 Å². The van der Waals surface area contributed by atoms with Gasteiger partial charge in [-0.05, 0) is 0 Å². The van der Waals surface area contributed by atoms with Crippen molar-refractivity contribution in [3.63, 3.8) is 0 Å². The number of H-pyrrole nitrogens is 1. The Balaban J connectivity index is 1.90. The number of carbonyl (C=O) groups excluding carboxylic acids is 1. The number of amides is 1. The summed E-state index contributed by atoms with van der Waals surface area (Å²) in [5.74, 6) is -0.182. The maximum Gasteiger partial charge on any atom is 0.241 e. The third-order valence-electron chi connectivity index (χ3n) is 3.32. The van der Waals surface area contributed by atoms with Gasteiger partial charge < -0.3 is 15.7 Å². The van der Waals surface area contributed by atoms with Gasteiger partial charge in [0.05, 0.1) is 24.7 Å². The van der Waals surface area contributed by atoms with Crippen molar-refractivity contribution >= 4 is 11.6 Å². The normalized spacial score (nSPS) is 11.5. The molecule has 2 rings (SSSR count). The molecule has 0 atom stereocenters. The lowest BCUT2D eigenvalue weighted by atomic mass is 9.89. The fraction of sp³-hybridized carbons (Fsp3) is 0.533. The van der Waals surface area contributed by atoms with Gasteiger partial charge in [0, 0.05) is 36.0 Å². The largest absolute Gasteiger partial charge is 0.395 e. The molecule has 2 aromatic rings. The molecule has 0 aliphatic heterocycles. The van der Waals surface area contributed by atoms with Gasteiger partial charge in [0.25, 0.3) is 0 Å². The van der Waals surface area contributed by atoms with Crippen LogP contribution in [-0.2, 0) is 23.3 Å². The Morgan fingerprint density at radius 2 is 2.17 bits per heavy atom. The summed E-state index contributed by atoms with van der Waals surface area (Å²) < 4.78 is 1.55. The fourth-order valence-electron chi connectivity index (χ4n) is 2.23. The van der Waals surface area contributed by atoms with Gasteiger partial charge in [0.1, 0.15) is 6.54 Å². The maximum absolute atomic E-state index is 11.6. The zero-order chi connectivity index (χ0) is 16.9. The molecule has 8 heteroatoms. The van der Waals surface area contributed by atoms with Crippen molar-refractivity contribution in [2.45, 2.75) is 39.3 Å². The molecule has 0 unspecified atom stereocenters. The molecule has 2 heterocycles. The Labute approximate surface area is 135 Å². The highest BCUT2D eigenvalue weighted by Crippen LogP contribution is 2.23. The molecule has 0 radical (unpaired) electrons. The number of hydrogen-bond acceptors (Lipinski definition) is 5. The van der Waals surface area contributed by atoms with Crippen LogP contribution in [0.15, 0.2) is 18.6 Å². The molecule has 126 valence electrons. The molecular formula is C15H24N6O2. The van der Waals surface area contributed by atoms with Gasteiger partial charge in [-0.1, -0.05) is 20.8 Å². The van der Waals surface area contributed by atoms with Crippen LogP contribution < -0.4 is 10.6 Å². The lowest BCUT2D eigenvalue weighted by Gasteiger charge is -2.18. The van der Waals surface area contributed by atoms with Gasteiger partial charge in [0.2, 0.25) is 5.91 Å². The van der Waals surface area contributed by atoms with E-state index in [0.29, 0.717) is 6.54 Å². The van der Waals surface area contributed by atoms with E-state index in [-0.39, 0.29) is 31.0 Å². The summed E-state index contributed by atoms with van der Waals surface area (Å²) in [4.78, 5) is 11.6. The highest BCUT2D eigenvalue weighted by molar-refractivity contribution is 5.75. The number of anilines is 1. The number of aromatic nitrogens is 4.